The standard InChI is InChI=1S/C24H30N6O3/c1-33-21-7-3-2-5-19(21)6-4-11-28-12-10-27-24(32)20(28)17-23(31)30-15-13-29(14-16-30)22-18-25-8-9-26-22/h2-9,18,20H,10-17H2,1H3,(H,27,32)/b6-4+/t20-/m0/s1. The molecule has 0 unspecified atom stereocenters. The maximum atomic E-state index is 13.0. The number of carbonyl (C=O) groups is 2. The molecule has 2 saturated heterocycles. The van der Waals surface area contributed by atoms with Crippen LogP contribution in [-0.2, 0) is 9.59 Å². The number of para-hydroxylation sites is 1. The Hall–Kier alpha value is -3.46. The van der Waals surface area contributed by atoms with E-state index in [4.69, 9.17) is 4.74 Å². The number of nitrogens with zero attached hydrogens (tertiary/aromatic N) is 5. The summed E-state index contributed by atoms with van der Waals surface area (Å²) in [6.07, 6.45) is 9.25. The largest absolute Gasteiger partial charge is 0.496 e. The van der Waals surface area contributed by atoms with Crippen molar-refractivity contribution in [3.8, 4) is 5.75 Å². The van der Waals surface area contributed by atoms with Gasteiger partial charge in [-0.15, -0.1) is 0 Å². The molecule has 2 aromatic rings. The number of aromatic nitrogens is 2. The summed E-state index contributed by atoms with van der Waals surface area (Å²) in [5.41, 5.74) is 0.982. The van der Waals surface area contributed by atoms with E-state index in [0.717, 1.165) is 17.1 Å². The topological polar surface area (TPSA) is 90.9 Å². The summed E-state index contributed by atoms with van der Waals surface area (Å²) in [7, 11) is 1.65. The molecule has 1 aromatic carbocycles. The number of benzene rings is 1. The van der Waals surface area contributed by atoms with E-state index in [1.54, 1.807) is 25.7 Å². The third kappa shape index (κ3) is 5.67. The monoisotopic (exact) mass is 450 g/mol. The third-order valence-electron chi connectivity index (χ3n) is 6.09. The van der Waals surface area contributed by atoms with Crippen LogP contribution in [0.25, 0.3) is 6.08 Å². The predicted molar refractivity (Wildman–Crippen MR) is 126 cm³/mol. The number of ether oxygens (including phenoxy) is 1. The quantitative estimate of drug-likeness (QED) is 0.674. The van der Waals surface area contributed by atoms with Crippen molar-refractivity contribution in [1.82, 2.24) is 25.1 Å². The number of nitrogens with one attached hydrogen (secondary N) is 1. The molecule has 0 bridgehead atoms. The van der Waals surface area contributed by atoms with Gasteiger partial charge in [0.2, 0.25) is 11.8 Å². The lowest BCUT2D eigenvalue weighted by atomic mass is 10.1. The average Bonchev–Trinajstić information content (AvgIpc) is 2.87. The van der Waals surface area contributed by atoms with Crippen LogP contribution in [0.1, 0.15) is 12.0 Å². The molecule has 1 atom stereocenters. The van der Waals surface area contributed by atoms with Gasteiger partial charge in [-0.3, -0.25) is 19.5 Å². The van der Waals surface area contributed by atoms with E-state index in [-0.39, 0.29) is 18.2 Å². The fourth-order valence-electron chi connectivity index (χ4n) is 4.26. The first-order chi connectivity index (χ1) is 16.2. The summed E-state index contributed by atoms with van der Waals surface area (Å²) in [6, 6.07) is 7.33. The Kier molecular flexibility index (Phi) is 7.51. The molecule has 2 aliphatic rings. The molecule has 1 aromatic heterocycles. The lowest BCUT2D eigenvalue weighted by Crippen LogP contribution is -2.57. The van der Waals surface area contributed by atoms with Gasteiger partial charge in [0, 0.05) is 63.8 Å². The van der Waals surface area contributed by atoms with Crippen molar-refractivity contribution in [3.05, 3.63) is 54.5 Å². The molecule has 4 rings (SSSR count). The molecule has 2 amide bonds. The SMILES string of the molecule is COc1ccccc1/C=C/CN1CCNC(=O)[C@@H]1CC(=O)N1CCN(c2cnccn2)CC1. The van der Waals surface area contributed by atoms with E-state index in [2.05, 4.69) is 25.1 Å². The van der Waals surface area contributed by atoms with E-state index < -0.39 is 6.04 Å². The van der Waals surface area contributed by atoms with Gasteiger partial charge < -0.3 is 19.9 Å². The van der Waals surface area contributed by atoms with Gasteiger partial charge in [0.1, 0.15) is 11.6 Å². The smallest absolute Gasteiger partial charge is 0.237 e. The van der Waals surface area contributed by atoms with Crippen LogP contribution in [0.5, 0.6) is 5.75 Å². The predicted octanol–water partition coefficient (Wildman–Crippen LogP) is 1.04. The van der Waals surface area contributed by atoms with Crippen LogP contribution in [-0.4, -0.2) is 90.5 Å². The number of piperazine rings is 2. The number of anilines is 1. The fourth-order valence-corrected chi connectivity index (χ4v) is 4.26. The number of hydrogen-bond donors (Lipinski definition) is 1. The molecule has 2 aliphatic heterocycles. The number of methoxy groups -OCH3 is 1. The molecule has 174 valence electrons. The van der Waals surface area contributed by atoms with Crippen LogP contribution in [0.3, 0.4) is 0 Å². The molecule has 0 radical (unpaired) electrons. The van der Waals surface area contributed by atoms with E-state index in [1.165, 1.54) is 0 Å². The van der Waals surface area contributed by atoms with Crippen LogP contribution in [0.2, 0.25) is 0 Å². The van der Waals surface area contributed by atoms with Gasteiger partial charge in [-0.05, 0) is 6.07 Å². The Labute approximate surface area is 194 Å². The molecule has 2 fully saturated rings. The van der Waals surface area contributed by atoms with Crippen molar-refractivity contribution in [2.24, 2.45) is 0 Å². The van der Waals surface area contributed by atoms with Crippen LogP contribution >= 0.6 is 0 Å². The summed E-state index contributed by atoms with van der Waals surface area (Å²) in [5.74, 6) is 1.55. The minimum Gasteiger partial charge on any atom is -0.496 e. The minimum absolute atomic E-state index is 0.00885. The van der Waals surface area contributed by atoms with Crippen LogP contribution in [0.4, 0.5) is 5.82 Å². The molecule has 9 heteroatoms. The first-order valence-electron chi connectivity index (χ1n) is 11.3. The molecule has 33 heavy (non-hydrogen) atoms. The first-order valence-corrected chi connectivity index (χ1v) is 11.3. The van der Waals surface area contributed by atoms with E-state index in [1.807, 2.05) is 41.3 Å². The van der Waals surface area contributed by atoms with E-state index >= 15 is 0 Å². The van der Waals surface area contributed by atoms with Gasteiger partial charge in [-0.2, -0.15) is 0 Å². The summed E-state index contributed by atoms with van der Waals surface area (Å²) in [6.45, 7) is 4.50. The van der Waals surface area contributed by atoms with E-state index in [0.29, 0.717) is 45.8 Å². The van der Waals surface area contributed by atoms with Gasteiger partial charge in [0.05, 0.1) is 25.8 Å². The normalized spacial score (nSPS) is 19.5. The molecular formula is C24H30N6O3. The van der Waals surface area contributed by atoms with Crippen molar-refractivity contribution in [2.75, 3.05) is 57.8 Å². The second-order valence-electron chi connectivity index (χ2n) is 8.08. The van der Waals surface area contributed by atoms with Crippen molar-refractivity contribution >= 4 is 23.7 Å². The minimum atomic E-state index is -0.466. The molecule has 1 N–H and O–H groups in total. The third-order valence-corrected chi connectivity index (χ3v) is 6.09. The number of hydrogen-bond acceptors (Lipinski definition) is 7. The molecule has 0 saturated carbocycles. The zero-order chi connectivity index (χ0) is 23.0. The molecular weight excluding hydrogens is 420 g/mol. The second-order valence-corrected chi connectivity index (χ2v) is 8.08. The maximum absolute atomic E-state index is 13.0. The van der Waals surface area contributed by atoms with Crippen molar-refractivity contribution in [1.29, 1.82) is 0 Å². The Bertz CT molecular complexity index is 975. The Morgan fingerprint density at radius 3 is 2.76 bits per heavy atom. The Morgan fingerprint density at radius 2 is 2.00 bits per heavy atom. The van der Waals surface area contributed by atoms with Crippen LogP contribution in [0, 0.1) is 0 Å². The molecule has 0 aliphatic carbocycles. The Morgan fingerprint density at radius 1 is 1.18 bits per heavy atom. The highest BCUT2D eigenvalue weighted by molar-refractivity contribution is 5.89. The summed E-state index contributed by atoms with van der Waals surface area (Å²) < 4.78 is 5.39. The van der Waals surface area contributed by atoms with Crippen LogP contribution in [0.15, 0.2) is 48.9 Å². The Balaban J connectivity index is 1.33. The summed E-state index contributed by atoms with van der Waals surface area (Å²) in [4.78, 5) is 40.1. The highest BCUT2D eigenvalue weighted by atomic mass is 16.5. The zero-order valence-corrected chi connectivity index (χ0v) is 18.9. The van der Waals surface area contributed by atoms with Gasteiger partial charge in [-0.25, -0.2) is 4.98 Å². The lowest BCUT2D eigenvalue weighted by Gasteiger charge is -2.38. The van der Waals surface area contributed by atoms with Crippen molar-refractivity contribution in [2.45, 2.75) is 12.5 Å². The van der Waals surface area contributed by atoms with E-state index in [9.17, 15) is 9.59 Å². The summed E-state index contributed by atoms with van der Waals surface area (Å²) in [5, 5.41) is 2.91. The second kappa shape index (κ2) is 10.9. The number of rotatable bonds is 7. The highest BCUT2D eigenvalue weighted by Crippen LogP contribution is 2.19. The average molecular weight is 451 g/mol. The van der Waals surface area contributed by atoms with Gasteiger partial charge >= 0.3 is 0 Å². The molecule has 3 heterocycles. The lowest BCUT2D eigenvalue weighted by molar-refractivity contribution is -0.138. The number of amides is 2. The molecule has 0 spiro atoms. The van der Waals surface area contributed by atoms with Crippen LogP contribution < -0.4 is 15.0 Å². The van der Waals surface area contributed by atoms with Crippen molar-refractivity contribution in [3.63, 3.8) is 0 Å². The van der Waals surface area contributed by atoms with Gasteiger partial charge in [-0.1, -0.05) is 30.4 Å². The van der Waals surface area contributed by atoms with Gasteiger partial charge in [0.25, 0.3) is 0 Å². The number of carbonyl (C=O) groups excluding carboxylic acids is 2. The zero-order valence-electron chi connectivity index (χ0n) is 18.9. The van der Waals surface area contributed by atoms with Crippen molar-refractivity contribution < 1.29 is 14.3 Å². The summed E-state index contributed by atoms with van der Waals surface area (Å²) >= 11 is 0. The van der Waals surface area contributed by atoms with Gasteiger partial charge in [0.15, 0.2) is 0 Å². The first kappa shape index (κ1) is 22.7. The highest BCUT2D eigenvalue weighted by Gasteiger charge is 2.33. The fraction of sp³-hybridized carbons (Fsp3) is 0.417. The maximum Gasteiger partial charge on any atom is 0.237 e. The molecule has 9 nitrogen and oxygen atoms in total.